The zero-order chi connectivity index (χ0) is 20.5. The van der Waals surface area contributed by atoms with Crippen LogP contribution in [0.3, 0.4) is 0 Å². The zero-order valence-electron chi connectivity index (χ0n) is 15.5. The number of carbonyl (C=O) groups is 2. The maximum Gasteiger partial charge on any atom is 0.310 e. The van der Waals surface area contributed by atoms with Gasteiger partial charge in [0.2, 0.25) is 0 Å². The predicted octanol–water partition coefficient (Wildman–Crippen LogP) is 2.47. The maximum atomic E-state index is 12.0. The Morgan fingerprint density at radius 3 is 2.36 bits per heavy atom. The molecule has 2 rings (SSSR count). The molecule has 0 fully saturated rings. The Morgan fingerprint density at radius 2 is 1.71 bits per heavy atom. The average molecular weight is 387 g/mol. The summed E-state index contributed by atoms with van der Waals surface area (Å²) in [5.41, 5.74) is 4.52. The van der Waals surface area contributed by atoms with Crippen LogP contribution in [-0.4, -0.2) is 30.0 Å². The van der Waals surface area contributed by atoms with Crippen LogP contribution in [-0.2, 0) is 4.79 Å². The largest absolute Gasteiger partial charge is 0.493 e. The Balaban J connectivity index is 1.81. The van der Waals surface area contributed by atoms with Crippen molar-refractivity contribution in [1.29, 1.82) is 0 Å². The number of rotatable bonds is 8. The number of nitrogens with zero attached hydrogens (tertiary/aromatic N) is 1. The van der Waals surface area contributed by atoms with Crippen LogP contribution in [0.1, 0.15) is 24.2 Å². The fraction of sp³-hybridized carbons (Fsp3) is 0.263. The van der Waals surface area contributed by atoms with E-state index in [-0.39, 0.29) is 11.4 Å². The molecule has 148 valence electrons. The van der Waals surface area contributed by atoms with Crippen molar-refractivity contribution in [2.24, 2.45) is 5.92 Å². The Hall–Kier alpha value is -3.62. The summed E-state index contributed by atoms with van der Waals surface area (Å²) < 4.78 is 10.7. The number of hydrogen-bond donors (Lipinski definition) is 2. The molecule has 2 N–H and O–H groups in total. The van der Waals surface area contributed by atoms with Crippen molar-refractivity contribution in [1.82, 2.24) is 10.9 Å². The highest BCUT2D eigenvalue weighted by molar-refractivity contribution is 5.95. The predicted molar refractivity (Wildman–Crippen MR) is 101 cm³/mol. The second-order valence-electron chi connectivity index (χ2n) is 6.25. The Morgan fingerprint density at radius 1 is 1.04 bits per heavy atom. The molecule has 0 aromatic heterocycles. The first-order valence-electron chi connectivity index (χ1n) is 8.55. The molecule has 9 heteroatoms. The molecule has 0 aliphatic heterocycles. The minimum Gasteiger partial charge on any atom is -0.493 e. The van der Waals surface area contributed by atoms with Crippen molar-refractivity contribution in [2.75, 3.05) is 13.2 Å². The van der Waals surface area contributed by atoms with Crippen LogP contribution in [0.25, 0.3) is 0 Å². The molecule has 0 spiro atoms. The molecule has 0 unspecified atom stereocenters. The summed E-state index contributed by atoms with van der Waals surface area (Å²) in [6.07, 6.45) is 0. The van der Waals surface area contributed by atoms with E-state index in [1.54, 1.807) is 30.3 Å². The van der Waals surface area contributed by atoms with Gasteiger partial charge in [-0.15, -0.1) is 0 Å². The van der Waals surface area contributed by atoms with Crippen LogP contribution in [0, 0.1) is 16.0 Å². The molecule has 2 aromatic carbocycles. The van der Waals surface area contributed by atoms with Crippen molar-refractivity contribution < 1.29 is 24.0 Å². The third-order valence-electron chi connectivity index (χ3n) is 3.44. The summed E-state index contributed by atoms with van der Waals surface area (Å²) in [7, 11) is 0. The Bertz CT molecular complexity index is 836. The number of nitrogens with one attached hydrogen (secondary N) is 2. The molecule has 0 saturated carbocycles. The molecule has 0 aliphatic rings. The molecule has 0 bridgehead atoms. The molecule has 2 amide bonds. The fourth-order valence-corrected chi connectivity index (χ4v) is 2.07. The number of nitro benzene ring substituents is 1. The first-order chi connectivity index (χ1) is 13.4. The van der Waals surface area contributed by atoms with Crippen LogP contribution in [0.4, 0.5) is 5.69 Å². The van der Waals surface area contributed by atoms with Gasteiger partial charge < -0.3 is 9.47 Å². The van der Waals surface area contributed by atoms with Gasteiger partial charge >= 0.3 is 5.69 Å². The standard InChI is InChI=1S/C19H21N3O6/c1-13(2)11-27-15-9-7-14(8-10-15)19(24)21-20-18(23)12-28-17-6-4-3-5-16(17)22(25)26/h3-10,13H,11-12H2,1-2H3,(H,20,23)(H,21,24). The highest BCUT2D eigenvalue weighted by Gasteiger charge is 2.15. The van der Waals surface area contributed by atoms with Gasteiger partial charge in [-0.2, -0.15) is 0 Å². The van der Waals surface area contributed by atoms with E-state index in [9.17, 15) is 19.7 Å². The highest BCUT2D eigenvalue weighted by Crippen LogP contribution is 2.25. The minimum absolute atomic E-state index is 0.0361. The van der Waals surface area contributed by atoms with Crippen LogP contribution in [0.2, 0.25) is 0 Å². The SMILES string of the molecule is CC(C)COc1ccc(C(=O)NNC(=O)COc2ccccc2[N+](=O)[O-])cc1. The van der Waals surface area contributed by atoms with Gasteiger partial charge in [0.1, 0.15) is 5.75 Å². The van der Waals surface area contributed by atoms with Gasteiger partial charge in [-0.05, 0) is 36.2 Å². The van der Waals surface area contributed by atoms with E-state index in [4.69, 9.17) is 9.47 Å². The van der Waals surface area contributed by atoms with Crippen molar-refractivity contribution in [3.05, 3.63) is 64.2 Å². The first-order valence-corrected chi connectivity index (χ1v) is 8.55. The van der Waals surface area contributed by atoms with E-state index in [0.29, 0.717) is 23.8 Å². The molecule has 28 heavy (non-hydrogen) atoms. The number of para-hydroxylation sites is 2. The molecule has 0 saturated heterocycles. The van der Waals surface area contributed by atoms with Crippen LogP contribution < -0.4 is 20.3 Å². The van der Waals surface area contributed by atoms with Crippen molar-refractivity contribution in [3.8, 4) is 11.5 Å². The van der Waals surface area contributed by atoms with Crippen molar-refractivity contribution >= 4 is 17.5 Å². The third kappa shape index (κ3) is 6.27. The van der Waals surface area contributed by atoms with Crippen LogP contribution >= 0.6 is 0 Å². The Kier molecular flexibility index (Phi) is 7.32. The van der Waals surface area contributed by atoms with Crippen LogP contribution in [0.5, 0.6) is 11.5 Å². The monoisotopic (exact) mass is 387 g/mol. The first kappa shape index (κ1) is 20.7. The fourth-order valence-electron chi connectivity index (χ4n) is 2.07. The van der Waals surface area contributed by atoms with Crippen molar-refractivity contribution in [3.63, 3.8) is 0 Å². The Labute approximate surface area is 161 Å². The summed E-state index contributed by atoms with van der Waals surface area (Å²) in [6, 6.07) is 12.2. The molecule has 0 atom stereocenters. The summed E-state index contributed by atoms with van der Waals surface area (Å²) in [5.74, 6) is -0.186. The second-order valence-corrected chi connectivity index (χ2v) is 6.25. The van der Waals surface area contributed by atoms with E-state index in [1.165, 1.54) is 18.2 Å². The second kappa shape index (κ2) is 9.91. The number of hydrogen-bond acceptors (Lipinski definition) is 6. The molecule has 0 aliphatic carbocycles. The topological polar surface area (TPSA) is 120 Å². The van der Waals surface area contributed by atoms with Gasteiger partial charge in [0.15, 0.2) is 12.4 Å². The lowest BCUT2D eigenvalue weighted by atomic mass is 10.2. The lowest BCUT2D eigenvalue weighted by Crippen LogP contribution is -2.43. The summed E-state index contributed by atoms with van der Waals surface area (Å²) in [4.78, 5) is 34.1. The van der Waals surface area contributed by atoms with Gasteiger partial charge in [-0.1, -0.05) is 26.0 Å². The summed E-state index contributed by atoms with van der Waals surface area (Å²) >= 11 is 0. The van der Waals surface area contributed by atoms with E-state index in [1.807, 2.05) is 13.8 Å². The number of hydrazine groups is 1. The minimum atomic E-state index is -0.664. The number of carbonyl (C=O) groups excluding carboxylic acids is 2. The lowest BCUT2D eigenvalue weighted by Gasteiger charge is -2.10. The van der Waals surface area contributed by atoms with Crippen LogP contribution in [0.15, 0.2) is 48.5 Å². The summed E-state index contributed by atoms with van der Waals surface area (Å²) in [6.45, 7) is 4.14. The van der Waals surface area contributed by atoms with E-state index < -0.39 is 23.3 Å². The van der Waals surface area contributed by atoms with Crippen molar-refractivity contribution in [2.45, 2.75) is 13.8 Å². The van der Waals surface area contributed by atoms with Gasteiger partial charge in [-0.25, -0.2) is 0 Å². The van der Waals surface area contributed by atoms with E-state index in [0.717, 1.165) is 0 Å². The molecule has 0 radical (unpaired) electrons. The molecular formula is C19H21N3O6. The number of amides is 2. The van der Waals surface area contributed by atoms with Gasteiger partial charge in [0.05, 0.1) is 11.5 Å². The molecule has 9 nitrogen and oxygen atoms in total. The normalized spacial score (nSPS) is 10.2. The average Bonchev–Trinajstić information content (AvgIpc) is 2.69. The third-order valence-corrected chi connectivity index (χ3v) is 3.44. The van der Waals surface area contributed by atoms with Gasteiger partial charge in [0, 0.05) is 11.6 Å². The van der Waals surface area contributed by atoms with E-state index >= 15 is 0 Å². The van der Waals surface area contributed by atoms with Gasteiger partial charge in [0.25, 0.3) is 11.8 Å². The quantitative estimate of drug-likeness (QED) is 0.530. The van der Waals surface area contributed by atoms with E-state index in [2.05, 4.69) is 10.9 Å². The molecule has 0 heterocycles. The molecular weight excluding hydrogens is 366 g/mol. The maximum absolute atomic E-state index is 12.0. The molecule has 2 aromatic rings. The van der Waals surface area contributed by atoms with Gasteiger partial charge in [-0.3, -0.25) is 30.6 Å². The zero-order valence-corrected chi connectivity index (χ0v) is 15.5. The highest BCUT2D eigenvalue weighted by atomic mass is 16.6. The lowest BCUT2D eigenvalue weighted by molar-refractivity contribution is -0.385. The number of nitro groups is 1. The number of benzene rings is 2. The smallest absolute Gasteiger partial charge is 0.310 e. The number of ether oxygens (including phenoxy) is 2. The summed E-state index contributed by atoms with van der Waals surface area (Å²) in [5, 5.41) is 10.9.